The summed E-state index contributed by atoms with van der Waals surface area (Å²) in [6, 6.07) is 12.0. The molecule has 238 valence electrons. The van der Waals surface area contributed by atoms with E-state index in [4.69, 9.17) is 0 Å². The van der Waals surface area contributed by atoms with Gasteiger partial charge in [-0.25, -0.2) is 4.79 Å². The van der Waals surface area contributed by atoms with Crippen LogP contribution in [-0.2, 0) is 4.79 Å². The number of anilines is 1. The van der Waals surface area contributed by atoms with Gasteiger partial charge in [-0.2, -0.15) is 22.0 Å². The first-order valence-electron chi connectivity index (χ1n) is 15.0. The van der Waals surface area contributed by atoms with Crippen LogP contribution in [0.2, 0.25) is 0 Å². The molecule has 0 saturated heterocycles. The van der Waals surface area contributed by atoms with Crippen LogP contribution >= 0.6 is 0 Å². The Morgan fingerprint density at radius 1 is 0.956 bits per heavy atom. The highest BCUT2D eigenvalue weighted by molar-refractivity contribution is 6.04. The second kappa shape index (κ2) is 10.6. The van der Waals surface area contributed by atoms with Gasteiger partial charge < -0.3 is 15.5 Å². The van der Waals surface area contributed by atoms with Gasteiger partial charge in [-0.3, -0.25) is 9.59 Å². The summed E-state index contributed by atoms with van der Waals surface area (Å²) in [5.74, 6) is -8.59. The number of benzene rings is 2. The van der Waals surface area contributed by atoms with Gasteiger partial charge in [0.25, 0.3) is 5.91 Å². The van der Waals surface area contributed by atoms with Crippen LogP contribution in [0.1, 0.15) is 84.1 Å². The normalized spacial score (nSPS) is 29.8. The summed E-state index contributed by atoms with van der Waals surface area (Å²) in [5.41, 5.74) is -1.23. The first-order valence-corrected chi connectivity index (χ1v) is 15.0. The predicted octanol–water partition coefficient (Wildman–Crippen LogP) is 7.47. The van der Waals surface area contributed by atoms with Crippen molar-refractivity contribution in [3.05, 3.63) is 88.0 Å². The molecule has 4 aliphatic rings. The summed E-state index contributed by atoms with van der Waals surface area (Å²) in [6.45, 7) is 1.36. The van der Waals surface area contributed by atoms with Crippen molar-refractivity contribution in [1.82, 2.24) is 0 Å². The highest BCUT2D eigenvalue weighted by Crippen LogP contribution is 2.70. The Balaban J connectivity index is 1.39. The Kier molecular flexibility index (Phi) is 7.34. The maximum atomic E-state index is 15.2. The third-order valence-corrected chi connectivity index (χ3v) is 10.7. The lowest BCUT2D eigenvalue weighted by atomic mass is 9.50. The van der Waals surface area contributed by atoms with Crippen molar-refractivity contribution in [2.24, 2.45) is 17.3 Å². The SMILES string of the molecule is C[C@]12C[C@H](c3ccc(C(=O)Nc4cccc(C(=O)O)c4)cc3)C3=C4CCC(=O)C=C4CCC3[C@@H]1CC[C@@]2(O)C(F)(F)C(F)(F)F. The summed E-state index contributed by atoms with van der Waals surface area (Å²) < 4.78 is 71.7. The van der Waals surface area contributed by atoms with Crippen molar-refractivity contribution in [3.8, 4) is 0 Å². The molecule has 2 fully saturated rings. The van der Waals surface area contributed by atoms with Gasteiger partial charge in [0.2, 0.25) is 0 Å². The number of hydrogen-bond donors (Lipinski definition) is 3. The molecule has 0 bridgehead atoms. The molecule has 1 amide bonds. The number of carbonyl (C=O) groups excluding carboxylic acids is 2. The molecule has 6 nitrogen and oxygen atoms in total. The van der Waals surface area contributed by atoms with E-state index in [0.29, 0.717) is 24.8 Å². The number of aromatic carboxylic acids is 1. The van der Waals surface area contributed by atoms with Gasteiger partial charge in [0.05, 0.1) is 5.56 Å². The third-order valence-electron chi connectivity index (χ3n) is 10.7. The number of halogens is 5. The van der Waals surface area contributed by atoms with Crippen molar-refractivity contribution < 1.29 is 46.5 Å². The molecule has 5 atom stereocenters. The summed E-state index contributed by atoms with van der Waals surface area (Å²) >= 11 is 0. The zero-order chi connectivity index (χ0) is 32.5. The van der Waals surface area contributed by atoms with Crippen molar-refractivity contribution in [1.29, 1.82) is 0 Å². The number of alkyl halides is 5. The molecule has 0 aliphatic heterocycles. The quantitative estimate of drug-likeness (QED) is 0.298. The van der Waals surface area contributed by atoms with Crippen molar-refractivity contribution >= 4 is 23.3 Å². The second-order valence-electron chi connectivity index (χ2n) is 12.9. The predicted molar refractivity (Wildman–Crippen MR) is 154 cm³/mol. The number of aliphatic hydroxyl groups is 1. The van der Waals surface area contributed by atoms with Crippen LogP contribution in [0.15, 0.2) is 71.3 Å². The minimum atomic E-state index is -5.93. The first-order chi connectivity index (χ1) is 21.1. The van der Waals surface area contributed by atoms with Crippen LogP contribution in [0, 0.1) is 17.3 Å². The lowest BCUT2D eigenvalue weighted by Gasteiger charge is -2.56. The lowest BCUT2D eigenvalue weighted by Crippen LogP contribution is -2.65. The van der Waals surface area contributed by atoms with E-state index in [1.807, 2.05) is 0 Å². The maximum Gasteiger partial charge on any atom is 0.456 e. The minimum Gasteiger partial charge on any atom is -0.478 e. The van der Waals surface area contributed by atoms with Crippen LogP contribution in [0.4, 0.5) is 27.6 Å². The molecule has 0 spiro atoms. The Bertz CT molecular complexity index is 1640. The average Bonchev–Trinajstić information content (AvgIpc) is 3.27. The van der Waals surface area contributed by atoms with Gasteiger partial charge in [0.15, 0.2) is 5.78 Å². The summed E-state index contributed by atoms with van der Waals surface area (Å²) in [6.07, 6.45) is -3.44. The molecule has 0 heterocycles. The molecule has 2 aromatic carbocycles. The fraction of sp³-hybridized carbons (Fsp3) is 0.441. The number of carboxylic acid groups (broad SMARTS) is 1. The molecular formula is C34H32F5NO5. The van der Waals surface area contributed by atoms with E-state index < -0.39 is 53.2 Å². The standard InChI is InChI=1S/C34H32F5NO5/c1-31-17-26(18-5-7-19(8-6-18)29(42)40-22-4-2-3-21(15-22)30(43)44)28-24-12-10-23(41)16-20(24)9-11-25(28)27(31)13-14-32(31,45)33(35,36)34(37,38)39/h2-8,15-16,25-27,45H,9-14,17H2,1H3,(H,40,42)(H,43,44)/t25?,26-,27+,31+,32+/m1/s1. The number of hydrogen-bond acceptors (Lipinski definition) is 4. The largest absolute Gasteiger partial charge is 0.478 e. The monoisotopic (exact) mass is 629 g/mol. The van der Waals surface area contributed by atoms with E-state index in [2.05, 4.69) is 5.32 Å². The number of fused-ring (bicyclic) bond motifs is 4. The number of rotatable bonds is 5. The molecule has 2 aromatic rings. The Hall–Kier alpha value is -3.86. The summed E-state index contributed by atoms with van der Waals surface area (Å²) in [7, 11) is 0. The van der Waals surface area contributed by atoms with Gasteiger partial charge in [-0.15, -0.1) is 0 Å². The highest BCUT2D eigenvalue weighted by atomic mass is 19.4. The van der Waals surface area contributed by atoms with Crippen molar-refractivity contribution in [2.45, 2.75) is 75.5 Å². The zero-order valence-corrected chi connectivity index (χ0v) is 24.4. The molecule has 0 radical (unpaired) electrons. The Morgan fingerprint density at radius 3 is 2.33 bits per heavy atom. The number of nitrogens with one attached hydrogen (secondary N) is 1. The number of carbonyl (C=O) groups is 3. The molecule has 3 N–H and O–H groups in total. The second-order valence-corrected chi connectivity index (χ2v) is 12.9. The van der Waals surface area contributed by atoms with E-state index in [9.17, 15) is 37.8 Å². The van der Waals surface area contributed by atoms with E-state index in [1.54, 1.807) is 18.2 Å². The molecule has 11 heteroatoms. The molecule has 6 rings (SSSR count). The van der Waals surface area contributed by atoms with E-state index in [0.717, 1.165) is 16.7 Å². The first kappa shape index (κ1) is 31.1. The van der Waals surface area contributed by atoms with Crippen LogP contribution < -0.4 is 5.32 Å². The lowest BCUT2D eigenvalue weighted by molar-refractivity contribution is -0.362. The topological polar surface area (TPSA) is 104 Å². The number of amides is 1. The molecule has 4 aliphatic carbocycles. The smallest absolute Gasteiger partial charge is 0.456 e. The minimum absolute atomic E-state index is 0.00526. The maximum absolute atomic E-state index is 15.2. The number of carboxylic acids is 1. The zero-order valence-electron chi connectivity index (χ0n) is 24.4. The fourth-order valence-corrected chi connectivity index (χ4v) is 8.51. The summed E-state index contributed by atoms with van der Waals surface area (Å²) in [5, 5.41) is 23.3. The average molecular weight is 630 g/mol. The molecule has 0 aromatic heterocycles. The van der Waals surface area contributed by atoms with Crippen molar-refractivity contribution in [3.63, 3.8) is 0 Å². The van der Waals surface area contributed by atoms with Crippen LogP contribution in [0.5, 0.6) is 0 Å². The van der Waals surface area contributed by atoms with Crippen molar-refractivity contribution in [2.75, 3.05) is 5.32 Å². The Labute approximate surface area is 256 Å². The molecule has 2 saturated carbocycles. The molecule has 1 unspecified atom stereocenters. The van der Waals surface area contributed by atoms with Gasteiger partial charge in [0, 0.05) is 29.0 Å². The van der Waals surface area contributed by atoms with Gasteiger partial charge in [-0.1, -0.05) is 30.7 Å². The fourth-order valence-electron chi connectivity index (χ4n) is 8.51. The van der Waals surface area contributed by atoms with Crippen LogP contribution in [0.3, 0.4) is 0 Å². The van der Waals surface area contributed by atoms with Gasteiger partial charge in [-0.05, 0) is 103 Å². The molecule has 45 heavy (non-hydrogen) atoms. The van der Waals surface area contributed by atoms with Gasteiger partial charge >= 0.3 is 18.1 Å². The van der Waals surface area contributed by atoms with E-state index in [1.165, 1.54) is 43.3 Å². The summed E-state index contributed by atoms with van der Waals surface area (Å²) in [4.78, 5) is 36.5. The Morgan fingerprint density at radius 2 is 1.67 bits per heavy atom. The highest BCUT2D eigenvalue weighted by Gasteiger charge is 2.79. The van der Waals surface area contributed by atoms with E-state index in [-0.39, 0.29) is 47.8 Å². The van der Waals surface area contributed by atoms with E-state index >= 15 is 8.78 Å². The number of ketones is 1. The number of allylic oxidation sites excluding steroid dienone is 4. The third kappa shape index (κ3) is 4.81. The van der Waals surface area contributed by atoms with Crippen LogP contribution in [-0.4, -0.2) is 45.6 Å². The molecular weight excluding hydrogens is 597 g/mol. The van der Waals surface area contributed by atoms with Gasteiger partial charge in [0.1, 0.15) is 5.60 Å². The van der Waals surface area contributed by atoms with Crippen LogP contribution in [0.25, 0.3) is 0 Å².